The van der Waals surface area contributed by atoms with Crippen molar-refractivity contribution in [3.05, 3.63) is 41.8 Å². The molecule has 1 heterocycles. The zero-order chi connectivity index (χ0) is 15.5. The molecule has 2 aromatic rings. The summed E-state index contributed by atoms with van der Waals surface area (Å²) in [5.41, 5.74) is 0.641. The molecular formula is C15H19NO3S2. The highest BCUT2D eigenvalue weighted by Crippen LogP contribution is 2.27. The molecule has 0 atom stereocenters. The summed E-state index contributed by atoms with van der Waals surface area (Å²) < 4.78 is 32.5. The normalized spacial score (nSPS) is 11.6. The van der Waals surface area contributed by atoms with Gasteiger partial charge in [-0.2, -0.15) is 0 Å². The third kappa shape index (κ3) is 3.57. The molecule has 0 fully saturated rings. The van der Waals surface area contributed by atoms with Gasteiger partial charge in [0.1, 0.15) is 9.96 Å². The van der Waals surface area contributed by atoms with Crippen molar-refractivity contribution < 1.29 is 13.2 Å². The minimum absolute atomic E-state index is 0.0907. The van der Waals surface area contributed by atoms with E-state index < -0.39 is 10.0 Å². The molecule has 2 rings (SSSR count). The summed E-state index contributed by atoms with van der Waals surface area (Å²) in [6, 6.07) is 10.5. The molecule has 1 aromatic heterocycles. The first-order chi connectivity index (χ1) is 9.95. The molecule has 0 spiro atoms. The second-order valence-electron chi connectivity index (χ2n) is 4.76. The highest BCUT2D eigenvalue weighted by molar-refractivity contribution is 7.94. The Morgan fingerprint density at radius 3 is 2.33 bits per heavy atom. The highest BCUT2D eigenvalue weighted by Gasteiger charge is 2.24. The van der Waals surface area contributed by atoms with E-state index in [4.69, 9.17) is 4.74 Å². The molecule has 114 valence electrons. The summed E-state index contributed by atoms with van der Waals surface area (Å²) in [5.74, 6) is 0.735. The average Bonchev–Trinajstić information content (AvgIpc) is 2.95. The minimum atomic E-state index is -3.49. The standard InChI is InChI=1S/C15H19NO3S2/c1-4-16(21(17,18)15-6-5-11-20-15)13-7-9-14(10-8-13)19-12(2)3/h5-12H,4H2,1-3H3. The molecule has 0 radical (unpaired) electrons. The van der Waals surface area contributed by atoms with Crippen molar-refractivity contribution in [2.24, 2.45) is 0 Å². The van der Waals surface area contributed by atoms with Crippen LogP contribution < -0.4 is 9.04 Å². The monoisotopic (exact) mass is 325 g/mol. The van der Waals surface area contributed by atoms with Gasteiger partial charge in [0.15, 0.2) is 0 Å². The van der Waals surface area contributed by atoms with Crippen LogP contribution in [0.2, 0.25) is 0 Å². The van der Waals surface area contributed by atoms with Crippen LogP contribution in [0.5, 0.6) is 5.75 Å². The summed E-state index contributed by atoms with van der Waals surface area (Å²) in [4.78, 5) is 0. The van der Waals surface area contributed by atoms with Gasteiger partial charge in [0.2, 0.25) is 0 Å². The molecule has 0 amide bonds. The number of sulfonamides is 1. The predicted molar refractivity (Wildman–Crippen MR) is 86.7 cm³/mol. The van der Waals surface area contributed by atoms with Crippen LogP contribution in [0, 0.1) is 0 Å². The van der Waals surface area contributed by atoms with E-state index in [1.165, 1.54) is 15.6 Å². The smallest absolute Gasteiger partial charge is 0.273 e. The molecule has 21 heavy (non-hydrogen) atoms. The molecule has 0 N–H and O–H groups in total. The molecule has 0 aliphatic heterocycles. The van der Waals surface area contributed by atoms with E-state index in [0.29, 0.717) is 16.4 Å². The zero-order valence-electron chi connectivity index (χ0n) is 12.3. The molecule has 4 nitrogen and oxygen atoms in total. The number of rotatable bonds is 6. The summed E-state index contributed by atoms with van der Waals surface area (Å²) >= 11 is 1.23. The highest BCUT2D eigenvalue weighted by atomic mass is 32.2. The Bertz CT molecular complexity index is 661. The lowest BCUT2D eigenvalue weighted by atomic mass is 10.3. The van der Waals surface area contributed by atoms with Crippen molar-refractivity contribution in [1.82, 2.24) is 0 Å². The van der Waals surface area contributed by atoms with Crippen LogP contribution in [-0.2, 0) is 10.0 Å². The van der Waals surface area contributed by atoms with E-state index in [1.807, 2.05) is 20.8 Å². The van der Waals surface area contributed by atoms with Crippen molar-refractivity contribution in [1.29, 1.82) is 0 Å². The van der Waals surface area contributed by atoms with Crippen molar-refractivity contribution in [2.75, 3.05) is 10.8 Å². The Balaban J connectivity index is 2.30. The topological polar surface area (TPSA) is 46.6 Å². The first-order valence-electron chi connectivity index (χ1n) is 6.78. The van der Waals surface area contributed by atoms with Gasteiger partial charge >= 0.3 is 0 Å². The van der Waals surface area contributed by atoms with E-state index in [2.05, 4.69) is 0 Å². The van der Waals surface area contributed by atoms with Gasteiger partial charge in [0, 0.05) is 6.54 Å². The van der Waals surface area contributed by atoms with Crippen molar-refractivity contribution >= 4 is 27.0 Å². The molecule has 0 unspecified atom stereocenters. The fraction of sp³-hybridized carbons (Fsp3) is 0.333. The van der Waals surface area contributed by atoms with Gasteiger partial charge in [0.05, 0.1) is 11.8 Å². The van der Waals surface area contributed by atoms with Gasteiger partial charge in [-0.15, -0.1) is 11.3 Å². The van der Waals surface area contributed by atoms with Gasteiger partial charge in [-0.25, -0.2) is 8.42 Å². The Kier molecular flexibility index (Phi) is 4.90. The Morgan fingerprint density at radius 1 is 1.19 bits per heavy atom. The first-order valence-corrected chi connectivity index (χ1v) is 9.10. The molecule has 0 saturated heterocycles. The van der Waals surface area contributed by atoms with E-state index in [1.54, 1.807) is 41.8 Å². The molecule has 0 saturated carbocycles. The molecule has 0 bridgehead atoms. The fourth-order valence-electron chi connectivity index (χ4n) is 1.97. The van der Waals surface area contributed by atoms with Crippen LogP contribution >= 0.6 is 11.3 Å². The lowest BCUT2D eigenvalue weighted by Crippen LogP contribution is -2.30. The van der Waals surface area contributed by atoms with Gasteiger partial charge in [-0.05, 0) is 56.5 Å². The quantitative estimate of drug-likeness (QED) is 0.812. The summed E-state index contributed by atoms with van der Waals surface area (Å²) in [6.07, 6.45) is 0.0907. The van der Waals surface area contributed by atoms with E-state index in [9.17, 15) is 8.42 Å². The first kappa shape index (κ1) is 15.9. The van der Waals surface area contributed by atoms with Crippen LogP contribution in [-0.4, -0.2) is 21.1 Å². The van der Waals surface area contributed by atoms with Gasteiger partial charge in [-0.3, -0.25) is 4.31 Å². The number of anilines is 1. The summed E-state index contributed by atoms with van der Waals surface area (Å²) in [5, 5.41) is 1.76. The molecule has 0 aliphatic carbocycles. The van der Waals surface area contributed by atoms with Gasteiger partial charge in [0.25, 0.3) is 10.0 Å². The Morgan fingerprint density at radius 2 is 1.86 bits per heavy atom. The summed E-state index contributed by atoms with van der Waals surface area (Å²) in [7, 11) is -3.49. The third-order valence-electron chi connectivity index (χ3n) is 2.82. The third-order valence-corrected chi connectivity index (χ3v) is 6.10. The van der Waals surface area contributed by atoms with Crippen LogP contribution in [0.4, 0.5) is 5.69 Å². The second kappa shape index (κ2) is 6.49. The van der Waals surface area contributed by atoms with Crippen molar-refractivity contribution in [3.8, 4) is 5.75 Å². The largest absolute Gasteiger partial charge is 0.491 e. The van der Waals surface area contributed by atoms with Crippen LogP contribution in [0.15, 0.2) is 46.0 Å². The van der Waals surface area contributed by atoms with E-state index in [-0.39, 0.29) is 6.10 Å². The zero-order valence-corrected chi connectivity index (χ0v) is 13.9. The van der Waals surface area contributed by atoms with Gasteiger partial charge < -0.3 is 4.74 Å². The maximum absolute atomic E-state index is 12.6. The van der Waals surface area contributed by atoms with Crippen molar-refractivity contribution in [3.63, 3.8) is 0 Å². The maximum atomic E-state index is 12.6. The fourth-order valence-corrected chi connectivity index (χ4v) is 4.55. The van der Waals surface area contributed by atoms with E-state index >= 15 is 0 Å². The van der Waals surface area contributed by atoms with Crippen molar-refractivity contribution in [2.45, 2.75) is 31.1 Å². The summed E-state index contributed by atoms with van der Waals surface area (Å²) in [6.45, 7) is 6.11. The lowest BCUT2D eigenvalue weighted by Gasteiger charge is -2.22. The number of hydrogen-bond acceptors (Lipinski definition) is 4. The number of ether oxygens (including phenoxy) is 1. The average molecular weight is 325 g/mol. The maximum Gasteiger partial charge on any atom is 0.273 e. The molecule has 6 heteroatoms. The van der Waals surface area contributed by atoms with Crippen LogP contribution in [0.3, 0.4) is 0 Å². The number of hydrogen-bond donors (Lipinski definition) is 0. The van der Waals surface area contributed by atoms with Crippen LogP contribution in [0.25, 0.3) is 0 Å². The molecular weight excluding hydrogens is 306 g/mol. The molecule has 0 aliphatic rings. The number of benzene rings is 1. The Hall–Kier alpha value is -1.53. The Labute approximate surface area is 130 Å². The van der Waals surface area contributed by atoms with E-state index in [0.717, 1.165) is 5.75 Å². The molecule has 1 aromatic carbocycles. The van der Waals surface area contributed by atoms with Crippen LogP contribution in [0.1, 0.15) is 20.8 Å². The predicted octanol–water partition coefficient (Wildman–Crippen LogP) is 3.75. The number of nitrogens with zero attached hydrogens (tertiary/aromatic N) is 1. The lowest BCUT2D eigenvalue weighted by molar-refractivity contribution is 0.242. The SMILES string of the molecule is CCN(c1ccc(OC(C)C)cc1)S(=O)(=O)c1cccs1. The van der Waals surface area contributed by atoms with Gasteiger partial charge in [-0.1, -0.05) is 6.07 Å². The number of thiophene rings is 1. The second-order valence-corrected chi connectivity index (χ2v) is 7.80. The minimum Gasteiger partial charge on any atom is -0.491 e.